The Labute approximate surface area is 179 Å². The van der Waals surface area contributed by atoms with Crippen molar-refractivity contribution in [3.8, 4) is 0 Å². The maximum atomic E-state index is 13.1. The first-order chi connectivity index (χ1) is 13.6. The van der Waals surface area contributed by atoms with Crippen molar-refractivity contribution in [1.29, 1.82) is 0 Å². The highest BCUT2D eigenvalue weighted by molar-refractivity contribution is 6.04. The zero-order valence-electron chi connectivity index (χ0n) is 19.0. The predicted molar refractivity (Wildman–Crippen MR) is 118 cm³/mol. The molecule has 0 saturated heterocycles. The molecule has 0 aliphatic heterocycles. The number of ketones is 2. The summed E-state index contributed by atoms with van der Waals surface area (Å²) < 4.78 is 0. The van der Waals surface area contributed by atoms with Crippen LogP contribution in [0.4, 0.5) is 0 Å². The van der Waals surface area contributed by atoms with Crippen molar-refractivity contribution < 1.29 is 19.8 Å². The van der Waals surface area contributed by atoms with Crippen molar-refractivity contribution in [3.63, 3.8) is 0 Å². The van der Waals surface area contributed by atoms with Gasteiger partial charge in [0.25, 0.3) is 0 Å². The van der Waals surface area contributed by atoms with E-state index in [0.717, 1.165) is 23.1 Å². The van der Waals surface area contributed by atoms with Crippen LogP contribution in [0.25, 0.3) is 0 Å². The van der Waals surface area contributed by atoms with Crippen molar-refractivity contribution in [2.75, 3.05) is 0 Å². The Kier molecular flexibility index (Phi) is 5.12. The number of fused-ring (bicyclic) bond motifs is 1. The van der Waals surface area contributed by atoms with E-state index in [1.165, 1.54) is 27.7 Å². The Balaban J connectivity index is 2.17. The summed E-state index contributed by atoms with van der Waals surface area (Å²) in [6.07, 6.45) is 0.796. The van der Waals surface area contributed by atoms with Gasteiger partial charge in [0.1, 0.15) is 11.2 Å². The number of aliphatic hydroxyl groups is 2. The van der Waals surface area contributed by atoms with E-state index in [1.54, 1.807) is 18.2 Å². The van der Waals surface area contributed by atoms with E-state index < -0.39 is 16.6 Å². The standard InChI is InChI=1S/C26H32O4/c1-23(2)15-26(7,17-13-11-16(12-14-17)21(27)24(3,4)29)20-18(9-8-10-19(20)23)22(28)25(5,6)30/h8-14,29-30H,15H2,1-7H3. The number of Topliss-reactive ketones (excluding diaryl/α,β-unsaturated/α-hetero) is 2. The van der Waals surface area contributed by atoms with Crippen LogP contribution >= 0.6 is 0 Å². The molecule has 1 unspecified atom stereocenters. The second kappa shape index (κ2) is 6.86. The van der Waals surface area contributed by atoms with Crippen LogP contribution in [0.1, 0.15) is 92.3 Å². The molecule has 0 bridgehead atoms. The molecule has 0 spiro atoms. The van der Waals surface area contributed by atoms with E-state index in [2.05, 4.69) is 26.8 Å². The van der Waals surface area contributed by atoms with Crippen LogP contribution in [0.5, 0.6) is 0 Å². The molecule has 2 aromatic rings. The van der Waals surface area contributed by atoms with Gasteiger partial charge in [-0.05, 0) is 56.2 Å². The molecule has 1 aliphatic rings. The van der Waals surface area contributed by atoms with E-state index in [0.29, 0.717) is 11.1 Å². The van der Waals surface area contributed by atoms with Crippen molar-refractivity contribution in [2.24, 2.45) is 0 Å². The Hall–Kier alpha value is -2.30. The van der Waals surface area contributed by atoms with E-state index in [9.17, 15) is 19.8 Å². The lowest BCUT2D eigenvalue weighted by atomic mass is 9.73. The number of hydrogen-bond acceptors (Lipinski definition) is 4. The molecule has 160 valence electrons. The summed E-state index contributed by atoms with van der Waals surface area (Å²) >= 11 is 0. The number of hydrogen-bond donors (Lipinski definition) is 2. The van der Waals surface area contributed by atoms with Crippen LogP contribution in [0.3, 0.4) is 0 Å². The van der Waals surface area contributed by atoms with Crippen molar-refractivity contribution in [2.45, 2.75) is 76.9 Å². The molecule has 2 N–H and O–H groups in total. The monoisotopic (exact) mass is 408 g/mol. The quantitative estimate of drug-likeness (QED) is 0.710. The van der Waals surface area contributed by atoms with Gasteiger partial charge in [0, 0.05) is 16.5 Å². The summed E-state index contributed by atoms with van der Waals surface area (Å²) in [7, 11) is 0. The van der Waals surface area contributed by atoms with Gasteiger partial charge in [-0.1, -0.05) is 63.2 Å². The molecule has 0 saturated carbocycles. The fourth-order valence-corrected chi connectivity index (χ4v) is 4.89. The normalized spacial score (nSPS) is 20.7. The van der Waals surface area contributed by atoms with E-state index in [4.69, 9.17) is 0 Å². The minimum absolute atomic E-state index is 0.151. The molecule has 0 heterocycles. The van der Waals surface area contributed by atoms with Crippen molar-refractivity contribution >= 4 is 11.6 Å². The molecule has 3 rings (SSSR count). The van der Waals surface area contributed by atoms with Crippen LogP contribution < -0.4 is 0 Å². The topological polar surface area (TPSA) is 74.6 Å². The lowest BCUT2D eigenvalue weighted by molar-refractivity contribution is 0.0486. The van der Waals surface area contributed by atoms with Crippen LogP contribution in [-0.4, -0.2) is 33.0 Å². The van der Waals surface area contributed by atoms with Gasteiger partial charge < -0.3 is 10.2 Å². The van der Waals surface area contributed by atoms with Gasteiger partial charge >= 0.3 is 0 Å². The smallest absolute Gasteiger partial charge is 0.194 e. The second-order valence-electron chi connectivity index (χ2n) is 10.5. The van der Waals surface area contributed by atoms with Crippen LogP contribution in [0.15, 0.2) is 42.5 Å². The Bertz CT molecular complexity index is 1000. The third-order valence-corrected chi connectivity index (χ3v) is 6.28. The third kappa shape index (κ3) is 3.63. The van der Waals surface area contributed by atoms with Crippen LogP contribution in [0, 0.1) is 0 Å². The molecule has 0 radical (unpaired) electrons. The highest BCUT2D eigenvalue weighted by atomic mass is 16.3. The minimum Gasteiger partial charge on any atom is -0.382 e. The summed E-state index contributed by atoms with van der Waals surface area (Å²) in [6.45, 7) is 12.5. The molecule has 0 fully saturated rings. The van der Waals surface area contributed by atoms with Gasteiger partial charge in [0.15, 0.2) is 11.6 Å². The maximum absolute atomic E-state index is 13.1. The largest absolute Gasteiger partial charge is 0.382 e. The fourth-order valence-electron chi connectivity index (χ4n) is 4.89. The summed E-state index contributed by atoms with van der Waals surface area (Å²) in [5.74, 6) is -0.624. The molecule has 4 heteroatoms. The lowest BCUT2D eigenvalue weighted by Crippen LogP contribution is -2.34. The van der Waals surface area contributed by atoms with Gasteiger partial charge in [0.2, 0.25) is 0 Å². The Morgan fingerprint density at radius 1 is 0.833 bits per heavy atom. The molecule has 1 aliphatic carbocycles. The number of carbonyl (C=O) groups is 2. The Morgan fingerprint density at radius 3 is 1.87 bits per heavy atom. The van der Waals surface area contributed by atoms with Crippen molar-refractivity contribution in [3.05, 3.63) is 70.3 Å². The van der Waals surface area contributed by atoms with Gasteiger partial charge in [-0.3, -0.25) is 9.59 Å². The zero-order valence-corrected chi connectivity index (χ0v) is 19.0. The first-order valence-electron chi connectivity index (χ1n) is 10.4. The molecule has 1 atom stereocenters. The molecular weight excluding hydrogens is 376 g/mol. The van der Waals surface area contributed by atoms with E-state index in [1.807, 2.05) is 18.2 Å². The summed E-state index contributed by atoms with van der Waals surface area (Å²) in [5.41, 5.74) is 0.551. The predicted octanol–water partition coefficient (Wildman–Crippen LogP) is 4.58. The number of carbonyl (C=O) groups excluding carboxylic acids is 2. The average molecular weight is 409 g/mol. The van der Waals surface area contributed by atoms with Gasteiger partial charge in [0.05, 0.1) is 0 Å². The van der Waals surface area contributed by atoms with Crippen LogP contribution in [0.2, 0.25) is 0 Å². The van der Waals surface area contributed by atoms with Crippen molar-refractivity contribution in [1.82, 2.24) is 0 Å². The van der Waals surface area contributed by atoms with Crippen LogP contribution in [-0.2, 0) is 10.8 Å². The molecular formula is C26H32O4. The summed E-state index contributed by atoms with van der Waals surface area (Å²) in [4.78, 5) is 25.5. The SMILES string of the molecule is CC(C)(O)C(=O)c1ccc(C2(C)CC(C)(C)c3cccc(C(=O)C(C)(C)O)c32)cc1. The fraction of sp³-hybridized carbons (Fsp3) is 0.462. The molecule has 4 nitrogen and oxygen atoms in total. The van der Waals surface area contributed by atoms with Gasteiger partial charge in [-0.25, -0.2) is 0 Å². The molecule has 0 aromatic heterocycles. The Morgan fingerprint density at radius 2 is 1.37 bits per heavy atom. The highest BCUT2D eigenvalue weighted by Gasteiger charge is 2.48. The number of benzene rings is 2. The molecule has 2 aromatic carbocycles. The molecule has 30 heavy (non-hydrogen) atoms. The maximum Gasteiger partial charge on any atom is 0.194 e. The first-order valence-corrected chi connectivity index (χ1v) is 10.4. The minimum atomic E-state index is -1.47. The lowest BCUT2D eigenvalue weighted by Gasteiger charge is -2.30. The van der Waals surface area contributed by atoms with Gasteiger partial charge in [-0.2, -0.15) is 0 Å². The number of rotatable bonds is 5. The van der Waals surface area contributed by atoms with E-state index >= 15 is 0 Å². The third-order valence-electron chi connectivity index (χ3n) is 6.28. The first kappa shape index (κ1) is 22.4. The average Bonchev–Trinajstić information content (AvgIpc) is 2.86. The van der Waals surface area contributed by atoms with E-state index in [-0.39, 0.29) is 17.0 Å². The molecule has 0 amide bonds. The summed E-state index contributed by atoms with van der Waals surface area (Å²) in [6, 6.07) is 13.1. The second-order valence-corrected chi connectivity index (χ2v) is 10.5. The summed E-state index contributed by atoms with van der Waals surface area (Å²) in [5, 5.41) is 20.4. The zero-order chi connectivity index (χ0) is 22.7. The van der Waals surface area contributed by atoms with Gasteiger partial charge in [-0.15, -0.1) is 0 Å². The highest BCUT2D eigenvalue weighted by Crippen LogP contribution is 2.54.